The number of hydrogen-bond donors (Lipinski definition) is 2. The first-order valence-electron chi connectivity index (χ1n) is 4.44. The number of ether oxygens (including phenoxy) is 1. The molecule has 2 N–H and O–H groups in total. The summed E-state index contributed by atoms with van der Waals surface area (Å²) in [6.45, 7) is 1.95. The summed E-state index contributed by atoms with van der Waals surface area (Å²) < 4.78 is 19.5. The molecule has 0 aliphatic carbocycles. The van der Waals surface area contributed by atoms with Gasteiger partial charge in [-0.05, 0) is 31.2 Å². The molecule has 0 aromatic heterocycles. The van der Waals surface area contributed by atoms with E-state index in [0.717, 1.165) is 0 Å². The van der Waals surface area contributed by atoms with Crippen LogP contribution in [0.15, 0.2) is 24.3 Å². The van der Waals surface area contributed by atoms with Crippen LogP contribution in [0.2, 0.25) is 0 Å². The van der Waals surface area contributed by atoms with E-state index in [2.05, 4.69) is 4.52 Å². The van der Waals surface area contributed by atoms with E-state index >= 15 is 0 Å². The molecule has 0 spiro atoms. The lowest BCUT2D eigenvalue weighted by Gasteiger charge is -2.07. The van der Waals surface area contributed by atoms with Gasteiger partial charge < -0.3 is 9.26 Å². The monoisotopic (exact) mass is 246 g/mol. The predicted octanol–water partition coefficient (Wildman–Crippen LogP) is 1.33. The van der Waals surface area contributed by atoms with Crippen molar-refractivity contribution in [1.82, 2.24) is 0 Å². The first-order valence-corrected chi connectivity index (χ1v) is 5.97. The number of phosphoric ester groups is 1. The highest BCUT2D eigenvalue weighted by molar-refractivity contribution is 7.46. The zero-order valence-corrected chi connectivity index (χ0v) is 9.39. The molecule has 0 aliphatic rings. The molecule has 0 heterocycles. The molecule has 0 atom stereocenters. The van der Waals surface area contributed by atoms with Crippen LogP contribution in [0, 0.1) is 0 Å². The Labute approximate surface area is 92.1 Å². The fourth-order valence-corrected chi connectivity index (χ4v) is 1.40. The number of rotatable bonds is 4. The number of phosphoric acid groups is 1. The van der Waals surface area contributed by atoms with Gasteiger partial charge in [0.1, 0.15) is 5.75 Å². The van der Waals surface area contributed by atoms with Gasteiger partial charge >= 0.3 is 13.8 Å². The molecule has 0 radical (unpaired) electrons. The molecular weight excluding hydrogens is 235 g/mol. The summed E-state index contributed by atoms with van der Waals surface area (Å²) in [6, 6.07) is 5.29. The average Bonchev–Trinajstić information content (AvgIpc) is 2.16. The third-order valence-electron chi connectivity index (χ3n) is 1.59. The van der Waals surface area contributed by atoms with Crippen LogP contribution in [0.1, 0.15) is 17.3 Å². The molecule has 1 rings (SSSR count). The third kappa shape index (κ3) is 4.02. The number of carbonyl (C=O) groups excluding carboxylic acids is 1. The van der Waals surface area contributed by atoms with Crippen molar-refractivity contribution in [2.45, 2.75) is 6.92 Å². The minimum atomic E-state index is -4.56. The molecule has 1 aromatic carbocycles. The van der Waals surface area contributed by atoms with Crippen LogP contribution < -0.4 is 4.52 Å². The van der Waals surface area contributed by atoms with Crippen LogP contribution in [0.5, 0.6) is 5.75 Å². The molecule has 0 amide bonds. The Hall–Kier alpha value is -1.36. The van der Waals surface area contributed by atoms with Crippen molar-refractivity contribution >= 4 is 13.8 Å². The van der Waals surface area contributed by atoms with Crippen molar-refractivity contribution in [3.05, 3.63) is 29.8 Å². The van der Waals surface area contributed by atoms with Gasteiger partial charge in [-0.3, -0.25) is 9.79 Å². The van der Waals surface area contributed by atoms with Gasteiger partial charge in [0.2, 0.25) is 0 Å². The van der Waals surface area contributed by atoms with Crippen LogP contribution in [0.4, 0.5) is 0 Å². The number of hydrogen-bond acceptors (Lipinski definition) is 4. The normalized spacial score (nSPS) is 10.9. The van der Waals surface area contributed by atoms with Crippen LogP contribution >= 0.6 is 7.82 Å². The van der Waals surface area contributed by atoms with Crippen molar-refractivity contribution < 1.29 is 28.4 Å². The molecule has 0 saturated carbocycles. The minimum Gasteiger partial charge on any atom is -0.462 e. The smallest absolute Gasteiger partial charge is 0.462 e. The van der Waals surface area contributed by atoms with E-state index in [1.807, 2.05) is 0 Å². The summed E-state index contributed by atoms with van der Waals surface area (Å²) in [5, 5.41) is 0. The highest BCUT2D eigenvalue weighted by atomic mass is 31.2. The maximum Gasteiger partial charge on any atom is 0.524 e. The fraction of sp³-hybridized carbons (Fsp3) is 0.222. The SMILES string of the molecule is CCOC(=O)c1ccc(OP(=O)(O)O)cc1. The number of benzene rings is 1. The summed E-state index contributed by atoms with van der Waals surface area (Å²) in [6.07, 6.45) is 0. The van der Waals surface area contributed by atoms with Crippen molar-refractivity contribution in [3.63, 3.8) is 0 Å². The van der Waals surface area contributed by atoms with E-state index in [4.69, 9.17) is 14.5 Å². The highest BCUT2D eigenvalue weighted by Crippen LogP contribution is 2.37. The molecule has 88 valence electrons. The van der Waals surface area contributed by atoms with E-state index in [0.29, 0.717) is 5.56 Å². The van der Waals surface area contributed by atoms with Gasteiger partial charge in [-0.15, -0.1) is 0 Å². The first-order chi connectivity index (χ1) is 7.42. The van der Waals surface area contributed by atoms with Gasteiger partial charge in [-0.1, -0.05) is 0 Å². The summed E-state index contributed by atoms with van der Waals surface area (Å²) >= 11 is 0. The topological polar surface area (TPSA) is 93.1 Å². The van der Waals surface area contributed by atoms with Crippen molar-refractivity contribution in [2.24, 2.45) is 0 Å². The standard InChI is InChI=1S/C9H11O6P/c1-2-14-9(10)7-3-5-8(6-4-7)15-16(11,12)13/h3-6H,2H2,1H3,(H2,11,12,13). The van der Waals surface area contributed by atoms with E-state index in [1.54, 1.807) is 6.92 Å². The van der Waals surface area contributed by atoms with Crippen LogP contribution in [0.25, 0.3) is 0 Å². The predicted molar refractivity (Wildman–Crippen MR) is 55.1 cm³/mol. The Balaban J connectivity index is 2.75. The average molecular weight is 246 g/mol. The molecule has 7 heteroatoms. The van der Waals surface area contributed by atoms with Gasteiger partial charge in [0, 0.05) is 0 Å². The largest absolute Gasteiger partial charge is 0.524 e. The molecule has 0 aliphatic heterocycles. The first kappa shape index (κ1) is 12.7. The lowest BCUT2D eigenvalue weighted by Crippen LogP contribution is -2.04. The third-order valence-corrected chi connectivity index (χ3v) is 2.04. The molecular formula is C9H11O6P. The Morgan fingerprint density at radius 2 is 1.88 bits per heavy atom. The second-order valence-corrected chi connectivity index (χ2v) is 3.99. The second-order valence-electron chi connectivity index (χ2n) is 2.83. The Kier molecular flexibility index (Phi) is 4.06. The zero-order chi connectivity index (χ0) is 12.2. The molecule has 6 nitrogen and oxygen atoms in total. The zero-order valence-electron chi connectivity index (χ0n) is 8.49. The molecule has 16 heavy (non-hydrogen) atoms. The van der Waals surface area contributed by atoms with Gasteiger partial charge in [0.25, 0.3) is 0 Å². The summed E-state index contributed by atoms with van der Waals surface area (Å²) in [5.74, 6) is -0.508. The molecule has 0 fully saturated rings. The second kappa shape index (κ2) is 5.12. The van der Waals surface area contributed by atoms with E-state index in [1.165, 1.54) is 24.3 Å². The molecule has 0 bridgehead atoms. The van der Waals surface area contributed by atoms with Crippen LogP contribution in [0.3, 0.4) is 0 Å². The van der Waals surface area contributed by atoms with Gasteiger partial charge in [-0.25, -0.2) is 9.36 Å². The lowest BCUT2D eigenvalue weighted by molar-refractivity contribution is 0.0526. The van der Waals surface area contributed by atoms with E-state index < -0.39 is 13.8 Å². The van der Waals surface area contributed by atoms with Crippen LogP contribution in [-0.4, -0.2) is 22.4 Å². The van der Waals surface area contributed by atoms with Gasteiger partial charge in [-0.2, -0.15) is 0 Å². The van der Waals surface area contributed by atoms with E-state index in [9.17, 15) is 9.36 Å². The Morgan fingerprint density at radius 3 is 2.31 bits per heavy atom. The van der Waals surface area contributed by atoms with Gasteiger partial charge in [0.05, 0.1) is 12.2 Å². The molecule has 0 saturated heterocycles. The van der Waals surface area contributed by atoms with Crippen molar-refractivity contribution in [3.8, 4) is 5.75 Å². The lowest BCUT2D eigenvalue weighted by atomic mass is 10.2. The fourth-order valence-electron chi connectivity index (χ4n) is 1.00. The Morgan fingerprint density at radius 1 is 1.31 bits per heavy atom. The summed E-state index contributed by atoms with van der Waals surface area (Å²) in [7, 11) is -4.56. The van der Waals surface area contributed by atoms with Gasteiger partial charge in [0.15, 0.2) is 0 Å². The quantitative estimate of drug-likeness (QED) is 0.615. The van der Waals surface area contributed by atoms with E-state index in [-0.39, 0.29) is 12.4 Å². The number of esters is 1. The van der Waals surface area contributed by atoms with Crippen LogP contribution in [-0.2, 0) is 9.30 Å². The molecule has 0 unspecified atom stereocenters. The highest BCUT2D eigenvalue weighted by Gasteiger charge is 2.16. The molecule has 1 aromatic rings. The maximum atomic E-state index is 11.2. The Bertz CT molecular complexity index is 407. The number of carbonyl (C=O) groups is 1. The summed E-state index contributed by atoms with van der Waals surface area (Å²) in [5.41, 5.74) is 0.292. The van der Waals surface area contributed by atoms with Crippen molar-refractivity contribution in [1.29, 1.82) is 0 Å². The minimum absolute atomic E-state index is 0.0126. The maximum absolute atomic E-state index is 11.2. The summed E-state index contributed by atoms with van der Waals surface area (Å²) in [4.78, 5) is 28.3. The van der Waals surface area contributed by atoms with Crippen molar-refractivity contribution in [2.75, 3.05) is 6.61 Å².